The van der Waals surface area contributed by atoms with Gasteiger partial charge in [-0.3, -0.25) is 4.79 Å². The second-order valence-electron chi connectivity index (χ2n) is 7.06. The van der Waals surface area contributed by atoms with Crippen LogP contribution < -0.4 is 10.2 Å². The number of benzene rings is 2. The molecule has 1 saturated heterocycles. The third-order valence-corrected chi connectivity index (χ3v) is 6.84. The molecule has 1 aliphatic heterocycles. The second-order valence-corrected chi connectivity index (χ2v) is 9.00. The van der Waals surface area contributed by atoms with Crippen LogP contribution in [-0.4, -0.2) is 45.8 Å². The van der Waals surface area contributed by atoms with Crippen LogP contribution in [0.4, 0.5) is 15.8 Å². The fourth-order valence-corrected chi connectivity index (χ4v) is 4.67. The standard InChI is InChI=1S/C20H24FN3O3S/c1-23(2)18-7-9-19(10-8-18)28(26,27)24-13-11-15(12-14-24)20(25)22-17-5-3-16(21)4-6-17/h3-10,15H,11-14H2,1-2H3,(H,22,25). The molecule has 8 heteroatoms. The first kappa shape index (κ1) is 20.3. The molecule has 1 heterocycles. The molecule has 0 bridgehead atoms. The maximum atomic E-state index is 13.0. The van der Waals surface area contributed by atoms with Crippen molar-refractivity contribution < 1.29 is 17.6 Å². The zero-order chi connectivity index (χ0) is 20.3. The molecule has 1 fully saturated rings. The molecule has 1 aliphatic rings. The van der Waals surface area contributed by atoms with Crippen LogP contribution in [0.2, 0.25) is 0 Å². The molecule has 1 amide bonds. The molecule has 2 aromatic rings. The number of halogens is 1. The fraction of sp³-hybridized carbons (Fsp3) is 0.350. The molecule has 0 spiro atoms. The van der Waals surface area contributed by atoms with Crippen LogP contribution in [0.3, 0.4) is 0 Å². The van der Waals surface area contributed by atoms with Crippen molar-refractivity contribution in [3.8, 4) is 0 Å². The maximum Gasteiger partial charge on any atom is 0.243 e. The van der Waals surface area contributed by atoms with E-state index in [0.29, 0.717) is 31.6 Å². The minimum Gasteiger partial charge on any atom is -0.378 e. The molecule has 28 heavy (non-hydrogen) atoms. The number of nitrogens with zero attached hydrogens (tertiary/aromatic N) is 2. The Bertz CT molecular complexity index is 920. The van der Waals surface area contributed by atoms with E-state index in [1.165, 1.54) is 28.6 Å². The number of hydrogen-bond acceptors (Lipinski definition) is 4. The maximum absolute atomic E-state index is 13.0. The van der Waals surface area contributed by atoms with Crippen LogP contribution in [0.25, 0.3) is 0 Å². The lowest BCUT2D eigenvalue weighted by molar-refractivity contribution is -0.120. The third kappa shape index (κ3) is 4.51. The second kappa shape index (κ2) is 8.28. The van der Waals surface area contributed by atoms with Crippen molar-refractivity contribution in [2.75, 3.05) is 37.4 Å². The van der Waals surface area contributed by atoms with Gasteiger partial charge in [-0.2, -0.15) is 4.31 Å². The van der Waals surface area contributed by atoms with Gasteiger partial charge in [0.05, 0.1) is 4.90 Å². The van der Waals surface area contributed by atoms with Gasteiger partial charge in [-0.15, -0.1) is 0 Å². The Morgan fingerprint density at radius 1 is 1.04 bits per heavy atom. The number of sulfonamides is 1. The molecule has 0 atom stereocenters. The summed E-state index contributed by atoms with van der Waals surface area (Å²) in [6.45, 7) is 0.582. The largest absolute Gasteiger partial charge is 0.378 e. The monoisotopic (exact) mass is 405 g/mol. The van der Waals surface area contributed by atoms with E-state index in [9.17, 15) is 17.6 Å². The first-order valence-corrected chi connectivity index (χ1v) is 10.6. The number of carbonyl (C=O) groups is 1. The van der Waals surface area contributed by atoms with Gasteiger partial charge in [0.1, 0.15) is 5.82 Å². The summed E-state index contributed by atoms with van der Waals surface area (Å²) in [6, 6.07) is 12.3. The van der Waals surface area contributed by atoms with E-state index < -0.39 is 10.0 Å². The average molecular weight is 405 g/mol. The summed E-state index contributed by atoms with van der Waals surface area (Å²) in [5.74, 6) is -0.804. The normalized spacial score (nSPS) is 16.0. The number of amides is 1. The van der Waals surface area contributed by atoms with Gasteiger partial charge in [-0.1, -0.05) is 0 Å². The number of piperidine rings is 1. The number of nitrogens with one attached hydrogen (secondary N) is 1. The summed E-state index contributed by atoms with van der Waals surface area (Å²) in [5, 5.41) is 2.76. The average Bonchev–Trinajstić information content (AvgIpc) is 2.70. The van der Waals surface area contributed by atoms with Gasteiger partial charge in [-0.05, 0) is 61.4 Å². The van der Waals surface area contributed by atoms with Gasteiger partial charge >= 0.3 is 0 Å². The highest BCUT2D eigenvalue weighted by atomic mass is 32.2. The Morgan fingerprint density at radius 2 is 1.61 bits per heavy atom. The topological polar surface area (TPSA) is 69.7 Å². The third-order valence-electron chi connectivity index (χ3n) is 4.93. The fourth-order valence-electron chi connectivity index (χ4n) is 3.20. The Balaban J connectivity index is 1.60. The first-order chi connectivity index (χ1) is 13.3. The van der Waals surface area contributed by atoms with Gasteiger partial charge in [0.15, 0.2) is 0 Å². The van der Waals surface area contributed by atoms with Crippen molar-refractivity contribution in [2.24, 2.45) is 5.92 Å². The lowest BCUT2D eigenvalue weighted by atomic mass is 9.97. The molecule has 0 saturated carbocycles. The molecule has 150 valence electrons. The molecular weight excluding hydrogens is 381 g/mol. The highest BCUT2D eigenvalue weighted by molar-refractivity contribution is 7.89. The highest BCUT2D eigenvalue weighted by Gasteiger charge is 2.32. The van der Waals surface area contributed by atoms with E-state index in [1.54, 1.807) is 24.3 Å². The van der Waals surface area contributed by atoms with E-state index in [-0.39, 0.29) is 22.5 Å². The molecule has 0 aromatic heterocycles. The molecule has 2 aromatic carbocycles. The van der Waals surface area contributed by atoms with Crippen molar-refractivity contribution in [3.05, 3.63) is 54.3 Å². The number of carbonyl (C=O) groups excluding carboxylic acids is 1. The molecule has 6 nitrogen and oxygen atoms in total. The van der Waals surface area contributed by atoms with E-state index in [1.807, 2.05) is 19.0 Å². The van der Waals surface area contributed by atoms with Crippen molar-refractivity contribution in [1.29, 1.82) is 0 Å². The number of anilines is 2. The summed E-state index contributed by atoms with van der Waals surface area (Å²) < 4.78 is 40.1. The molecular formula is C20H24FN3O3S. The van der Waals surface area contributed by atoms with Crippen molar-refractivity contribution in [2.45, 2.75) is 17.7 Å². The quantitative estimate of drug-likeness (QED) is 0.830. The summed E-state index contributed by atoms with van der Waals surface area (Å²) >= 11 is 0. The van der Waals surface area contributed by atoms with Crippen molar-refractivity contribution in [3.63, 3.8) is 0 Å². The van der Waals surface area contributed by atoms with Gasteiger partial charge in [0, 0.05) is 44.5 Å². The van der Waals surface area contributed by atoms with Crippen LogP contribution >= 0.6 is 0 Å². The SMILES string of the molecule is CN(C)c1ccc(S(=O)(=O)N2CCC(C(=O)Nc3ccc(F)cc3)CC2)cc1. The van der Waals surface area contributed by atoms with Crippen LogP contribution in [0.5, 0.6) is 0 Å². The van der Waals surface area contributed by atoms with E-state index in [2.05, 4.69) is 5.32 Å². The molecule has 3 rings (SSSR count). The van der Waals surface area contributed by atoms with E-state index >= 15 is 0 Å². The Labute approximate surface area is 165 Å². The van der Waals surface area contributed by atoms with Gasteiger partial charge < -0.3 is 10.2 Å². The molecule has 1 N–H and O–H groups in total. The number of hydrogen-bond donors (Lipinski definition) is 1. The Morgan fingerprint density at radius 3 is 2.14 bits per heavy atom. The predicted molar refractivity (Wildman–Crippen MR) is 107 cm³/mol. The highest BCUT2D eigenvalue weighted by Crippen LogP contribution is 2.26. The minimum atomic E-state index is -3.58. The first-order valence-electron chi connectivity index (χ1n) is 9.11. The van der Waals surface area contributed by atoms with Crippen LogP contribution in [-0.2, 0) is 14.8 Å². The van der Waals surface area contributed by atoms with Crippen molar-refractivity contribution >= 4 is 27.3 Å². The summed E-state index contributed by atoms with van der Waals surface area (Å²) in [5.41, 5.74) is 1.46. The number of rotatable bonds is 5. The van der Waals surface area contributed by atoms with E-state index in [0.717, 1.165) is 5.69 Å². The smallest absolute Gasteiger partial charge is 0.243 e. The minimum absolute atomic E-state index is 0.168. The lowest BCUT2D eigenvalue weighted by Crippen LogP contribution is -2.41. The summed E-state index contributed by atoms with van der Waals surface area (Å²) in [7, 11) is 0.212. The zero-order valence-electron chi connectivity index (χ0n) is 15.9. The van der Waals surface area contributed by atoms with Gasteiger partial charge in [-0.25, -0.2) is 12.8 Å². The zero-order valence-corrected chi connectivity index (χ0v) is 16.7. The van der Waals surface area contributed by atoms with Crippen LogP contribution in [0, 0.1) is 11.7 Å². The summed E-state index contributed by atoms with van der Waals surface area (Å²) in [6.07, 6.45) is 0.893. The lowest BCUT2D eigenvalue weighted by Gasteiger charge is -2.30. The molecule has 0 radical (unpaired) electrons. The van der Waals surface area contributed by atoms with Crippen LogP contribution in [0.1, 0.15) is 12.8 Å². The van der Waals surface area contributed by atoms with Gasteiger partial charge in [0.25, 0.3) is 0 Å². The van der Waals surface area contributed by atoms with E-state index in [4.69, 9.17) is 0 Å². The molecule has 0 aliphatic carbocycles. The Hall–Kier alpha value is -2.45. The predicted octanol–water partition coefficient (Wildman–Crippen LogP) is 2.93. The van der Waals surface area contributed by atoms with Gasteiger partial charge in [0.2, 0.25) is 15.9 Å². The van der Waals surface area contributed by atoms with Crippen LogP contribution in [0.15, 0.2) is 53.4 Å². The molecule has 0 unspecified atom stereocenters. The Kier molecular flexibility index (Phi) is 6.00. The van der Waals surface area contributed by atoms with Crippen molar-refractivity contribution in [1.82, 2.24) is 4.31 Å². The summed E-state index contributed by atoms with van der Waals surface area (Å²) in [4.78, 5) is 14.6.